The number of hydrogen-bond acceptors (Lipinski definition) is 3. The monoisotopic (exact) mass is 152 g/mol. The molecule has 2 rings (SSSR count). The summed E-state index contributed by atoms with van der Waals surface area (Å²) in [4.78, 5) is 10.6. The molecule has 0 spiro atoms. The SMILES string of the molecule is O=c1ccc(C2(O)CC2)n[nH]1. The molecular weight excluding hydrogens is 144 g/mol. The zero-order valence-corrected chi connectivity index (χ0v) is 5.87. The van der Waals surface area contributed by atoms with Crippen LogP contribution < -0.4 is 5.56 Å². The van der Waals surface area contributed by atoms with Crippen LogP contribution in [0, 0.1) is 0 Å². The summed E-state index contributed by atoms with van der Waals surface area (Å²) < 4.78 is 0. The number of nitrogens with one attached hydrogen (secondary N) is 1. The van der Waals surface area contributed by atoms with Crippen molar-refractivity contribution in [2.24, 2.45) is 0 Å². The first-order valence-electron chi connectivity index (χ1n) is 3.49. The van der Waals surface area contributed by atoms with Gasteiger partial charge in [0.15, 0.2) is 0 Å². The maximum Gasteiger partial charge on any atom is 0.264 e. The van der Waals surface area contributed by atoms with Crippen LogP contribution in [0.15, 0.2) is 16.9 Å². The maximum atomic E-state index is 10.6. The Hall–Kier alpha value is -1.16. The van der Waals surface area contributed by atoms with Crippen molar-refractivity contribution in [3.63, 3.8) is 0 Å². The lowest BCUT2D eigenvalue weighted by atomic mass is 10.2. The maximum absolute atomic E-state index is 10.6. The molecule has 0 bridgehead atoms. The predicted octanol–water partition coefficient (Wildman–Crippen LogP) is -0.249. The van der Waals surface area contributed by atoms with Crippen LogP contribution in [0.5, 0.6) is 0 Å². The van der Waals surface area contributed by atoms with Crippen LogP contribution in [0.25, 0.3) is 0 Å². The lowest BCUT2D eigenvalue weighted by molar-refractivity contribution is 0.145. The minimum atomic E-state index is -0.746. The summed E-state index contributed by atoms with van der Waals surface area (Å²) in [6, 6.07) is 2.93. The summed E-state index contributed by atoms with van der Waals surface area (Å²) >= 11 is 0. The first-order valence-corrected chi connectivity index (χ1v) is 3.49. The number of hydrogen-bond donors (Lipinski definition) is 2. The van der Waals surface area contributed by atoms with Crippen molar-refractivity contribution in [2.75, 3.05) is 0 Å². The molecular formula is C7H8N2O2. The second-order valence-corrected chi connectivity index (χ2v) is 2.84. The van der Waals surface area contributed by atoms with E-state index in [9.17, 15) is 9.90 Å². The van der Waals surface area contributed by atoms with Gasteiger partial charge in [-0.1, -0.05) is 0 Å². The molecule has 0 unspecified atom stereocenters. The molecule has 4 heteroatoms. The van der Waals surface area contributed by atoms with Gasteiger partial charge in [0.05, 0.1) is 5.69 Å². The van der Waals surface area contributed by atoms with Crippen LogP contribution in [0.4, 0.5) is 0 Å². The van der Waals surface area contributed by atoms with Crippen LogP contribution in [-0.2, 0) is 5.60 Å². The first-order chi connectivity index (χ1) is 5.21. The van der Waals surface area contributed by atoms with E-state index in [1.165, 1.54) is 6.07 Å². The van der Waals surface area contributed by atoms with E-state index in [1.807, 2.05) is 0 Å². The zero-order chi connectivity index (χ0) is 7.90. The molecule has 1 heterocycles. The largest absolute Gasteiger partial charge is 0.383 e. The van der Waals surface area contributed by atoms with Gasteiger partial charge in [-0.25, -0.2) is 5.10 Å². The number of aliphatic hydroxyl groups is 1. The van der Waals surface area contributed by atoms with Gasteiger partial charge in [0, 0.05) is 6.07 Å². The van der Waals surface area contributed by atoms with Gasteiger partial charge in [-0.3, -0.25) is 4.79 Å². The Bertz CT molecular complexity index is 307. The number of aromatic amines is 1. The third-order valence-electron chi connectivity index (χ3n) is 1.88. The second-order valence-electron chi connectivity index (χ2n) is 2.84. The molecule has 1 aliphatic rings. The van der Waals surface area contributed by atoms with E-state index < -0.39 is 5.60 Å². The highest BCUT2D eigenvalue weighted by atomic mass is 16.3. The van der Waals surface area contributed by atoms with Crippen molar-refractivity contribution in [1.82, 2.24) is 10.2 Å². The number of rotatable bonds is 1. The summed E-state index contributed by atoms with van der Waals surface area (Å²) in [5.41, 5.74) is -0.417. The van der Waals surface area contributed by atoms with Crippen LogP contribution in [-0.4, -0.2) is 15.3 Å². The number of nitrogens with zero attached hydrogens (tertiary/aromatic N) is 1. The molecule has 2 N–H and O–H groups in total. The molecule has 1 fully saturated rings. The smallest absolute Gasteiger partial charge is 0.264 e. The van der Waals surface area contributed by atoms with E-state index in [0.717, 1.165) is 12.8 Å². The standard InChI is InChI=1S/C7H8N2O2/c10-6-2-1-5(8-9-6)7(11)3-4-7/h1-2,11H,3-4H2,(H,9,10). The molecule has 11 heavy (non-hydrogen) atoms. The van der Waals surface area contributed by atoms with Crippen molar-refractivity contribution in [1.29, 1.82) is 0 Å². The van der Waals surface area contributed by atoms with Gasteiger partial charge in [-0.05, 0) is 18.9 Å². The van der Waals surface area contributed by atoms with Gasteiger partial charge in [-0.15, -0.1) is 0 Å². The quantitative estimate of drug-likeness (QED) is 0.583. The predicted molar refractivity (Wildman–Crippen MR) is 38.0 cm³/mol. The topological polar surface area (TPSA) is 66.0 Å². The Kier molecular flexibility index (Phi) is 1.14. The molecule has 1 aromatic rings. The Morgan fingerprint density at radius 3 is 2.73 bits per heavy atom. The molecule has 0 radical (unpaired) electrons. The Morgan fingerprint density at radius 2 is 2.27 bits per heavy atom. The van der Waals surface area contributed by atoms with Gasteiger partial charge >= 0.3 is 0 Å². The summed E-state index contributed by atoms with van der Waals surface area (Å²) in [6.07, 6.45) is 1.48. The van der Waals surface area contributed by atoms with Gasteiger partial charge in [0.25, 0.3) is 5.56 Å². The Balaban J connectivity index is 2.40. The van der Waals surface area contributed by atoms with E-state index in [0.29, 0.717) is 5.69 Å². The van der Waals surface area contributed by atoms with E-state index in [4.69, 9.17) is 0 Å². The van der Waals surface area contributed by atoms with E-state index >= 15 is 0 Å². The zero-order valence-electron chi connectivity index (χ0n) is 5.87. The van der Waals surface area contributed by atoms with Crippen LogP contribution in [0.3, 0.4) is 0 Å². The van der Waals surface area contributed by atoms with Gasteiger partial charge in [0.2, 0.25) is 0 Å². The Morgan fingerprint density at radius 1 is 1.55 bits per heavy atom. The third kappa shape index (κ3) is 1.05. The normalized spacial score (nSPS) is 19.7. The van der Waals surface area contributed by atoms with Crippen molar-refractivity contribution in [3.05, 3.63) is 28.2 Å². The van der Waals surface area contributed by atoms with Crippen molar-refractivity contribution in [3.8, 4) is 0 Å². The van der Waals surface area contributed by atoms with Crippen molar-refractivity contribution in [2.45, 2.75) is 18.4 Å². The summed E-state index contributed by atoms with van der Waals surface area (Å²) in [5, 5.41) is 15.5. The molecule has 1 saturated carbocycles. The van der Waals surface area contributed by atoms with Crippen LogP contribution >= 0.6 is 0 Å². The molecule has 0 amide bonds. The molecule has 0 aliphatic heterocycles. The summed E-state index contributed by atoms with van der Waals surface area (Å²) in [5.74, 6) is 0. The van der Waals surface area contributed by atoms with Crippen molar-refractivity contribution >= 4 is 0 Å². The number of aromatic nitrogens is 2. The Labute approximate surface area is 62.9 Å². The third-order valence-corrected chi connectivity index (χ3v) is 1.88. The second kappa shape index (κ2) is 1.92. The van der Waals surface area contributed by atoms with Crippen LogP contribution in [0.2, 0.25) is 0 Å². The van der Waals surface area contributed by atoms with E-state index in [2.05, 4.69) is 10.2 Å². The first kappa shape index (κ1) is 6.54. The molecule has 1 aromatic heterocycles. The van der Waals surface area contributed by atoms with E-state index in [1.54, 1.807) is 6.07 Å². The highest BCUT2D eigenvalue weighted by Crippen LogP contribution is 2.43. The minimum absolute atomic E-state index is 0.238. The lowest BCUT2D eigenvalue weighted by Crippen LogP contribution is -2.13. The minimum Gasteiger partial charge on any atom is -0.383 e. The highest BCUT2D eigenvalue weighted by Gasteiger charge is 2.43. The average Bonchev–Trinajstić information content (AvgIpc) is 2.70. The molecule has 0 saturated heterocycles. The fourth-order valence-corrected chi connectivity index (χ4v) is 0.978. The lowest BCUT2D eigenvalue weighted by Gasteiger charge is -2.03. The molecule has 58 valence electrons. The molecule has 4 nitrogen and oxygen atoms in total. The number of H-pyrrole nitrogens is 1. The molecule has 1 aliphatic carbocycles. The molecule has 0 aromatic carbocycles. The fraction of sp³-hybridized carbons (Fsp3) is 0.429. The fourth-order valence-electron chi connectivity index (χ4n) is 0.978. The van der Waals surface area contributed by atoms with Gasteiger partial charge in [0.1, 0.15) is 5.60 Å². The van der Waals surface area contributed by atoms with Crippen LogP contribution in [0.1, 0.15) is 18.5 Å². The molecule has 0 atom stereocenters. The average molecular weight is 152 g/mol. The highest BCUT2D eigenvalue weighted by molar-refractivity contribution is 5.16. The van der Waals surface area contributed by atoms with Gasteiger partial charge in [-0.2, -0.15) is 5.10 Å². The van der Waals surface area contributed by atoms with Crippen molar-refractivity contribution < 1.29 is 5.11 Å². The van der Waals surface area contributed by atoms with E-state index in [-0.39, 0.29) is 5.56 Å². The van der Waals surface area contributed by atoms with Gasteiger partial charge < -0.3 is 5.11 Å². The summed E-state index contributed by atoms with van der Waals surface area (Å²) in [6.45, 7) is 0. The summed E-state index contributed by atoms with van der Waals surface area (Å²) in [7, 11) is 0.